The Morgan fingerprint density at radius 1 is 0.797 bits per heavy atom. The van der Waals surface area contributed by atoms with Gasteiger partial charge in [-0.2, -0.15) is 5.10 Å². The van der Waals surface area contributed by atoms with Crippen LogP contribution in [-0.4, -0.2) is 50.3 Å². The Morgan fingerprint density at radius 3 is 2.32 bits per heavy atom. The Morgan fingerprint density at radius 2 is 1.53 bits per heavy atom. The summed E-state index contributed by atoms with van der Waals surface area (Å²) in [5.74, 6) is -0.771. The number of rotatable bonds is 14. The van der Waals surface area contributed by atoms with Crippen LogP contribution in [0.15, 0.2) is 143 Å². The van der Waals surface area contributed by atoms with Crippen molar-refractivity contribution in [3.63, 3.8) is 0 Å². The van der Waals surface area contributed by atoms with Gasteiger partial charge in [0.1, 0.15) is 5.58 Å². The van der Waals surface area contributed by atoms with Gasteiger partial charge in [0, 0.05) is 63.1 Å². The van der Waals surface area contributed by atoms with Gasteiger partial charge >= 0.3 is 0 Å². The molecule has 8 rings (SSSR count). The molecule has 59 heavy (non-hydrogen) atoms. The van der Waals surface area contributed by atoms with Crippen LogP contribution in [0, 0.1) is 0 Å². The zero-order chi connectivity index (χ0) is 40.9. The number of amides is 2. The smallest absolute Gasteiger partial charge is 0.291 e. The van der Waals surface area contributed by atoms with Crippen molar-refractivity contribution in [1.82, 2.24) is 29.5 Å². The first kappa shape index (κ1) is 38.4. The first-order chi connectivity index (χ1) is 28.8. The van der Waals surface area contributed by atoms with Gasteiger partial charge in [-0.15, -0.1) is 0 Å². The fourth-order valence-electron chi connectivity index (χ4n) is 7.14. The summed E-state index contributed by atoms with van der Waals surface area (Å²) in [6.45, 7) is 2.28. The van der Waals surface area contributed by atoms with Crippen LogP contribution in [-0.2, 0) is 33.2 Å². The van der Waals surface area contributed by atoms with Crippen LogP contribution in [0.25, 0.3) is 27.6 Å². The molecule has 0 bridgehead atoms. The van der Waals surface area contributed by atoms with Gasteiger partial charge < -0.3 is 29.1 Å². The van der Waals surface area contributed by atoms with E-state index in [0.717, 1.165) is 33.8 Å². The van der Waals surface area contributed by atoms with Crippen molar-refractivity contribution in [2.45, 2.75) is 26.2 Å². The number of methoxy groups -OCH3 is 2. The lowest BCUT2D eigenvalue weighted by Gasteiger charge is -2.24. The van der Waals surface area contributed by atoms with Crippen molar-refractivity contribution in [1.29, 1.82) is 0 Å². The molecule has 0 aliphatic rings. The maximum atomic E-state index is 13.8. The highest BCUT2D eigenvalue weighted by Gasteiger charge is 2.21. The second-order valence-electron chi connectivity index (χ2n) is 14.1. The van der Waals surface area contributed by atoms with E-state index in [1.54, 1.807) is 30.5 Å². The third-order valence-electron chi connectivity index (χ3n) is 10.1. The van der Waals surface area contributed by atoms with Crippen LogP contribution in [0.1, 0.15) is 43.2 Å². The number of anilines is 1. The predicted octanol–water partition coefficient (Wildman–Crippen LogP) is 7.27. The van der Waals surface area contributed by atoms with Gasteiger partial charge in [-0.1, -0.05) is 60.7 Å². The molecule has 0 saturated heterocycles. The molecule has 8 aromatic rings. The number of carbonyl (C=O) groups is 2. The SMILES string of the molecule is COc1cc(NC(=O)c2cc(=O)c3ccccc3o2)c(C(=O)NCc2ccc(CN(Cc3ccc4c(cnn4C)c3)Cc3ccccc3-n3ccnc3)cc2)cc1OC. The molecule has 3 heterocycles. The van der Waals surface area contributed by atoms with Gasteiger partial charge in [0.25, 0.3) is 11.8 Å². The largest absolute Gasteiger partial charge is 0.493 e. The molecule has 0 unspecified atom stereocenters. The lowest BCUT2D eigenvalue weighted by Crippen LogP contribution is -2.25. The van der Waals surface area contributed by atoms with Crippen molar-refractivity contribution in [2.24, 2.45) is 7.05 Å². The number of hydrogen-bond acceptors (Lipinski definition) is 9. The first-order valence-corrected chi connectivity index (χ1v) is 18.9. The summed E-state index contributed by atoms with van der Waals surface area (Å²) in [4.78, 5) is 46.5. The third kappa shape index (κ3) is 8.46. The normalized spacial score (nSPS) is 11.3. The molecule has 296 valence electrons. The number of hydrogen-bond donors (Lipinski definition) is 2. The number of imidazole rings is 1. The lowest BCUT2D eigenvalue weighted by atomic mass is 10.1. The highest BCUT2D eigenvalue weighted by Crippen LogP contribution is 2.34. The van der Waals surface area contributed by atoms with Crippen molar-refractivity contribution in [2.75, 3.05) is 19.5 Å². The molecule has 0 spiro atoms. The summed E-state index contributed by atoms with van der Waals surface area (Å²) in [7, 11) is 4.86. The summed E-state index contributed by atoms with van der Waals surface area (Å²) < 4.78 is 20.6. The second kappa shape index (κ2) is 16.9. The zero-order valence-electron chi connectivity index (χ0n) is 32.7. The zero-order valence-corrected chi connectivity index (χ0v) is 32.7. The topological polar surface area (TPSA) is 146 Å². The van der Waals surface area contributed by atoms with E-state index in [-0.39, 0.29) is 34.6 Å². The van der Waals surface area contributed by atoms with E-state index < -0.39 is 11.8 Å². The van der Waals surface area contributed by atoms with Gasteiger partial charge in [0.15, 0.2) is 22.7 Å². The number of nitrogens with zero attached hydrogens (tertiary/aromatic N) is 5. The molecule has 2 N–H and O–H groups in total. The fourth-order valence-corrected chi connectivity index (χ4v) is 7.14. The lowest BCUT2D eigenvalue weighted by molar-refractivity contribution is 0.0951. The Bertz CT molecular complexity index is 2850. The maximum absolute atomic E-state index is 13.8. The second-order valence-corrected chi connectivity index (χ2v) is 14.1. The number of ether oxygens (including phenoxy) is 2. The summed E-state index contributed by atoms with van der Waals surface area (Å²) in [6, 6.07) is 33.7. The predicted molar refractivity (Wildman–Crippen MR) is 225 cm³/mol. The van der Waals surface area contributed by atoms with Crippen molar-refractivity contribution in [3.8, 4) is 17.2 Å². The number of fused-ring (bicyclic) bond motifs is 2. The Balaban J connectivity index is 0.991. The number of nitrogens with one attached hydrogen (secondary N) is 2. The highest BCUT2D eigenvalue weighted by atomic mass is 16.5. The molecular formula is C46H41N7O6. The van der Waals surface area contributed by atoms with Crippen LogP contribution < -0.4 is 25.5 Å². The fraction of sp³-hybridized carbons (Fsp3) is 0.152. The average molecular weight is 788 g/mol. The molecule has 0 radical (unpaired) electrons. The van der Waals surface area contributed by atoms with E-state index in [4.69, 9.17) is 13.9 Å². The van der Waals surface area contributed by atoms with Gasteiger partial charge in [-0.25, -0.2) is 4.98 Å². The molecule has 2 amide bonds. The third-order valence-corrected chi connectivity index (χ3v) is 10.1. The van der Waals surface area contributed by atoms with Crippen LogP contribution in [0.2, 0.25) is 0 Å². The standard InChI is InChI=1S/C46H41N7O6/c1-51-38-17-16-32(20-34(38)25-49-51)27-52(28-33-8-4-6-10-39(33)53-19-18-47-29-53)26-31-14-12-30(13-15-31)24-48-45(55)36-21-42(57-2)43(58-3)22-37(36)50-46(56)44-23-40(54)35-9-5-7-11-41(35)59-44/h4-23,25,29H,24,26-28H2,1-3H3,(H,48,55)(H,50,56). The number of carbonyl (C=O) groups excluding carboxylic acids is 2. The summed E-state index contributed by atoms with van der Waals surface area (Å²) >= 11 is 0. The quantitative estimate of drug-likeness (QED) is 0.116. The van der Waals surface area contributed by atoms with E-state index in [1.165, 1.54) is 37.5 Å². The van der Waals surface area contributed by atoms with Gasteiger partial charge in [0.2, 0.25) is 0 Å². The maximum Gasteiger partial charge on any atom is 0.291 e. The molecule has 0 saturated carbocycles. The van der Waals surface area contributed by atoms with Crippen molar-refractivity contribution >= 4 is 39.4 Å². The number of aryl methyl sites for hydroxylation is 1. The van der Waals surface area contributed by atoms with Gasteiger partial charge in [-0.3, -0.25) is 24.0 Å². The minimum Gasteiger partial charge on any atom is -0.493 e. The Kier molecular flexibility index (Phi) is 11.0. The Labute approximate surface area is 339 Å². The van der Waals surface area contributed by atoms with E-state index in [9.17, 15) is 14.4 Å². The molecular weight excluding hydrogens is 747 g/mol. The van der Waals surface area contributed by atoms with Crippen LogP contribution >= 0.6 is 0 Å². The molecule has 13 heteroatoms. The van der Waals surface area contributed by atoms with Crippen molar-refractivity contribution < 1.29 is 23.5 Å². The van der Waals surface area contributed by atoms with Crippen LogP contribution in [0.3, 0.4) is 0 Å². The molecule has 0 atom stereocenters. The number of para-hydroxylation sites is 2. The Hall–Kier alpha value is -7.51. The van der Waals surface area contributed by atoms with Crippen molar-refractivity contribution in [3.05, 3.63) is 178 Å². The average Bonchev–Trinajstić information content (AvgIpc) is 3.93. The molecule has 3 aromatic heterocycles. The minimum absolute atomic E-state index is 0.131. The van der Waals surface area contributed by atoms with E-state index in [2.05, 4.69) is 74.1 Å². The molecule has 0 aliphatic heterocycles. The van der Waals surface area contributed by atoms with Crippen LogP contribution in [0.5, 0.6) is 11.5 Å². The molecule has 0 aliphatic carbocycles. The minimum atomic E-state index is -0.707. The molecule has 13 nitrogen and oxygen atoms in total. The van der Waals surface area contributed by atoms with Crippen LogP contribution in [0.4, 0.5) is 5.69 Å². The van der Waals surface area contributed by atoms with E-state index in [1.807, 2.05) is 53.2 Å². The monoisotopic (exact) mass is 787 g/mol. The highest BCUT2D eigenvalue weighted by molar-refractivity contribution is 6.08. The summed E-state index contributed by atoms with van der Waals surface area (Å²) in [5.41, 5.74) is 6.67. The number of benzene rings is 5. The summed E-state index contributed by atoms with van der Waals surface area (Å²) in [5, 5.41) is 11.6. The molecule has 0 fully saturated rings. The first-order valence-electron chi connectivity index (χ1n) is 18.9. The van der Waals surface area contributed by atoms with E-state index in [0.29, 0.717) is 36.5 Å². The van der Waals surface area contributed by atoms with Gasteiger partial charge in [-0.05, 0) is 58.7 Å². The number of aromatic nitrogens is 4. The van der Waals surface area contributed by atoms with E-state index >= 15 is 0 Å². The summed E-state index contributed by atoms with van der Waals surface area (Å²) in [6.07, 6.45) is 7.43. The van der Waals surface area contributed by atoms with Gasteiger partial charge in [0.05, 0.1) is 54.6 Å². The molecule has 5 aromatic carbocycles.